The highest BCUT2D eigenvalue weighted by Crippen LogP contribution is 2.35. The Kier molecular flexibility index (Phi) is 4.99. The SMILES string of the molecule is Nc1c(S(=O)(=O)c2cccc(Cl)c2)c2nc3ccccc3nc2n1/N=C/c1ccccc1O. The highest BCUT2D eigenvalue weighted by Gasteiger charge is 2.30. The summed E-state index contributed by atoms with van der Waals surface area (Å²) in [5.41, 5.74) is 8.07. The Morgan fingerprint density at radius 3 is 2.39 bits per heavy atom. The number of fused-ring (bicyclic) bond motifs is 2. The lowest BCUT2D eigenvalue weighted by atomic mass is 10.2. The van der Waals surface area contributed by atoms with Crippen LogP contribution in [0.3, 0.4) is 0 Å². The van der Waals surface area contributed by atoms with Crippen molar-refractivity contribution in [2.75, 3.05) is 5.73 Å². The van der Waals surface area contributed by atoms with Gasteiger partial charge in [0.2, 0.25) is 9.84 Å². The molecule has 0 spiro atoms. The highest BCUT2D eigenvalue weighted by atomic mass is 35.5. The first-order chi connectivity index (χ1) is 15.9. The molecule has 0 atom stereocenters. The molecule has 2 heterocycles. The summed E-state index contributed by atoms with van der Waals surface area (Å²) in [4.78, 5) is 8.88. The molecule has 33 heavy (non-hydrogen) atoms. The standard InChI is InChI=1S/C23H16ClN5O3S/c24-15-7-5-8-16(12-15)33(31,32)21-20-23(28-18-10-3-2-9-17(18)27-20)29(22(21)25)26-13-14-6-1-4-11-19(14)30/h1-13,30H,25H2/b26-13+. The fourth-order valence-corrected chi connectivity index (χ4v) is 5.26. The van der Waals surface area contributed by atoms with Crippen molar-refractivity contribution in [3.05, 3.63) is 83.4 Å². The van der Waals surface area contributed by atoms with Crippen LogP contribution in [-0.2, 0) is 9.84 Å². The average Bonchev–Trinajstić information content (AvgIpc) is 3.07. The summed E-state index contributed by atoms with van der Waals surface area (Å²) >= 11 is 6.04. The zero-order chi connectivity index (χ0) is 23.2. The summed E-state index contributed by atoms with van der Waals surface area (Å²) in [7, 11) is -4.11. The van der Waals surface area contributed by atoms with E-state index in [1.165, 1.54) is 29.1 Å². The number of hydrogen-bond donors (Lipinski definition) is 2. The predicted octanol–water partition coefficient (Wildman–Crippen LogP) is 4.24. The van der Waals surface area contributed by atoms with E-state index >= 15 is 0 Å². The second-order valence-corrected chi connectivity index (χ2v) is 9.50. The molecule has 8 nitrogen and oxygen atoms in total. The lowest BCUT2D eigenvalue weighted by Crippen LogP contribution is -2.06. The van der Waals surface area contributed by atoms with E-state index in [4.69, 9.17) is 17.3 Å². The van der Waals surface area contributed by atoms with Crippen LogP contribution in [0.25, 0.3) is 22.2 Å². The third-order valence-corrected chi connectivity index (χ3v) is 7.10. The van der Waals surface area contributed by atoms with Crippen LogP contribution in [-0.4, -0.2) is 34.4 Å². The van der Waals surface area contributed by atoms with E-state index in [0.29, 0.717) is 16.6 Å². The average molecular weight is 478 g/mol. The van der Waals surface area contributed by atoms with E-state index < -0.39 is 9.84 Å². The smallest absolute Gasteiger partial charge is 0.212 e. The van der Waals surface area contributed by atoms with Gasteiger partial charge < -0.3 is 10.8 Å². The van der Waals surface area contributed by atoms with E-state index in [1.807, 2.05) is 0 Å². The van der Waals surface area contributed by atoms with Crippen molar-refractivity contribution in [3.63, 3.8) is 0 Å². The fourth-order valence-electron chi connectivity index (χ4n) is 3.47. The van der Waals surface area contributed by atoms with Gasteiger partial charge in [-0.1, -0.05) is 41.9 Å². The molecule has 2 aromatic heterocycles. The summed E-state index contributed by atoms with van der Waals surface area (Å²) < 4.78 is 28.4. The molecule has 164 valence electrons. The van der Waals surface area contributed by atoms with Crippen LogP contribution in [0.4, 0.5) is 5.82 Å². The van der Waals surface area contributed by atoms with Crippen LogP contribution < -0.4 is 5.73 Å². The van der Waals surface area contributed by atoms with E-state index in [9.17, 15) is 13.5 Å². The minimum absolute atomic E-state index is 0.0135. The Bertz CT molecular complexity index is 1680. The number of rotatable bonds is 4. The Morgan fingerprint density at radius 1 is 0.970 bits per heavy atom. The molecule has 0 fully saturated rings. The zero-order valence-electron chi connectivity index (χ0n) is 16.9. The van der Waals surface area contributed by atoms with Gasteiger partial charge in [-0.2, -0.15) is 9.78 Å². The zero-order valence-corrected chi connectivity index (χ0v) is 18.5. The molecule has 5 aromatic rings. The molecule has 0 saturated heterocycles. The van der Waals surface area contributed by atoms with Gasteiger partial charge in [0.15, 0.2) is 5.65 Å². The number of para-hydroxylation sites is 3. The lowest BCUT2D eigenvalue weighted by molar-refractivity contribution is 0.474. The van der Waals surface area contributed by atoms with Crippen molar-refractivity contribution in [1.82, 2.24) is 14.6 Å². The maximum Gasteiger partial charge on any atom is 0.212 e. The first kappa shape index (κ1) is 20.9. The van der Waals surface area contributed by atoms with Crippen LogP contribution >= 0.6 is 11.6 Å². The third-order valence-electron chi connectivity index (χ3n) is 5.05. The van der Waals surface area contributed by atoms with E-state index in [-0.39, 0.29) is 37.5 Å². The largest absolute Gasteiger partial charge is 0.507 e. The number of phenols is 1. The first-order valence-corrected chi connectivity index (χ1v) is 11.6. The molecule has 0 radical (unpaired) electrons. The number of nitrogens with two attached hydrogens (primary N) is 1. The van der Waals surface area contributed by atoms with E-state index in [2.05, 4.69) is 15.1 Å². The van der Waals surface area contributed by atoms with Gasteiger partial charge in [0.05, 0.1) is 22.1 Å². The Hall–Kier alpha value is -3.95. The molecule has 3 aromatic carbocycles. The van der Waals surface area contributed by atoms with Crippen LogP contribution in [0.5, 0.6) is 5.75 Å². The summed E-state index contributed by atoms with van der Waals surface area (Å²) in [5.74, 6) is -0.147. The number of sulfone groups is 1. The quantitative estimate of drug-likeness (QED) is 0.373. The molecular formula is C23H16ClN5O3S. The van der Waals surface area contributed by atoms with E-state index in [1.54, 1.807) is 54.6 Å². The number of aromatic hydroxyl groups is 1. The molecule has 0 aliphatic carbocycles. The first-order valence-electron chi connectivity index (χ1n) is 9.76. The monoisotopic (exact) mass is 477 g/mol. The maximum absolute atomic E-state index is 13.6. The van der Waals surface area contributed by atoms with Gasteiger partial charge in [0.1, 0.15) is 22.0 Å². The second-order valence-electron chi connectivity index (χ2n) is 7.17. The third kappa shape index (κ3) is 3.57. The summed E-state index contributed by atoms with van der Waals surface area (Å²) in [6, 6.07) is 19.6. The molecule has 0 aliphatic heterocycles. The van der Waals surface area contributed by atoms with Gasteiger partial charge in [-0.3, -0.25) is 0 Å². The van der Waals surface area contributed by atoms with E-state index in [0.717, 1.165) is 0 Å². The minimum atomic E-state index is -4.11. The second kappa shape index (κ2) is 7.88. The molecule has 0 amide bonds. The topological polar surface area (TPSA) is 123 Å². The van der Waals surface area contributed by atoms with Gasteiger partial charge in [-0.05, 0) is 42.5 Å². The van der Waals surface area contributed by atoms with Crippen LogP contribution in [0.15, 0.2) is 87.7 Å². The number of hydrogen-bond acceptors (Lipinski definition) is 7. The van der Waals surface area contributed by atoms with Gasteiger partial charge in [-0.25, -0.2) is 18.4 Å². The van der Waals surface area contributed by atoms with Crippen LogP contribution in [0, 0.1) is 0 Å². The van der Waals surface area contributed by atoms with Gasteiger partial charge in [-0.15, -0.1) is 0 Å². The van der Waals surface area contributed by atoms with Crippen molar-refractivity contribution < 1.29 is 13.5 Å². The van der Waals surface area contributed by atoms with Crippen molar-refractivity contribution in [1.29, 1.82) is 0 Å². The minimum Gasteiger partial charge on any atom is -0.507 e. The van der Waals surface area contributed by atoms with Crippen molar-refractivity contribution in [2.45, 2.75) is 9.79 Å². The van der Waals surface area contributed by atoms with Crippen molar-refractivity contribution in [3.8, 4) is 5.75 Å². The molecule has 0 bridgehead atoms. The number of nitrogens with zero attached hydrogens (tertiary/aromatic N) is 4. The number of anilines is 1. The summed E-state index contributed by atoms with van der Waals surface area (Å²) in [6.45, 7) is 0. The van der Waals surface area contributed by atoms with Crippen molar-refractivity contribution >= 4 is 55.7 Å². The number of nitrogen functional groups attached to an aromatic ring is 1. The van der Waals surface area contributed by atoms with Crippen LogP contribution in [0.1, 0.15) is 5.56 Å². The Labute approximate surface area is 193 Å². The van der Waals surface area contributed by atoms with Gasteiger partial charge in [0.25, 0.3) is 0 Å². The molecule has 0 unspecified atom stereocenters. The number of benzene rings is 3. The Balaban J connectivity index is 1.82. The summed E-state index contributed by atoms with van der Waals surface area (Å²) in [6.07, 6.45) is 1.37. The normalized spacial score (nSPS) is 12.2. The molecule has 0 saturated carbocycles. The maximum atomic E-state index is 13.6. The Morgan fingerprint density at radius 2 is 1.67 bits per heavy atom. The molecule has 0 aliphatic rings. The number of aromatic nitrogens is 3. The molecule has 10 heteroatoms. The molecule has 5 rings (SSSR count). The summed E-state index contributed by atoms with van der Waals surface area (Å²) in [5, 5.41) is 14.7. The van der Waals surface area contributed by atoms with Gasteiger partial charge in [0, 0.05) is 10.6 Å². The highest BCUT2D eigenvalue weighted by molar-refractivity contribution is 7.92. The predicted molar refractivity (Wildman–Crippen MR) is 127 cm³/mol. The van der Waals surface area contributed by atoms with Crippen molar-refractivity contribution in [2.24, 2.45) is 5.10 Å². The number of halogens is 1. The lowest BCUT2D eigenvalue weighted by Gasteiger charge is -2.05. The van der Waals surface area contributed by atoms with Gasteiger partial charge >= 0.3 is 0 Å². The molecule has 3 N–H and O–H groups in total. The fraction of sp³-hybridized carbons (Fsp3) is 0. The van der Waals surface area contributed by atoms with Crippen LogP contribution in [0.2, 0.25) is 5.02 Å². The number of phenolic OH excluding ortho intramolecular Hbond substituents is 1. The molecular weight excluding hydrogens is 462 g/mol.